The number of nitrogens with one attached hydrogen (secondary N) is 1. The van der Waals surface area contributed by atoms with E-state index in [1.807, 2.05) is 0 Å². The Morgan fingerprint density at radius 3 is 2.39 bits per heavy atom. The molecular weight excluding hydrogens is 434 g/mol. The van der Waals surface area contributed by atoms with Crippen LogP contribution in [0, 0.1) is 0 Å². The van der Waals surface area contributed by atoms with Gasteiger partial charge in [-0.05, 0) is 17.7 Å². The van der Waals surface area contributed by atoms with Gasteiger partial charge in [0, 0.05) is 26.2 Å². The maximum Gasteiger partial charge on any atom is 0.410 e. The number of nitrogens with zero attached hydrogens (tertiary/aromatic N) is 2. The van der Waals surface area contributed by atoms with E-state index in [9.17, 15) is 19.5 Å². The Morgan fingerprint density at radius 1 is 1.18 bits per heavy atom. The summed E-state index contributed by atoms with van der Waals surface area (Å²) in [5.74, 6) is -0.615. The normalized spacial score (nSPS) is 15.6. The third-order valence-electron chi connectivity index (χ3n) is 4.33. The third kappa shape index (κ3) is 6.47. The average Bonchev–Trinajstić information content (AvgIpc) is 2.75. The summed E-state index contributed by atoms with van der Waals surface area (Å²) in [5, 5.41) is 12.9. The largest absolute Gasteiger partial charge is 0.465 e. The molecule has 1 aromatic rings. The summed E-state index contributed by atoms with van der Waals surface area (Å²) in [6.45, 7) is 2.04. The fourth-order valence-corrected chi connectivity index (χ4v) is 2.87. The molecule has 1 unspecified atom stereocenters. The summed E-state index contributed by atoms with van der Waals surface area (Å²) in [4.78, 5) is 38.2. The Bertz CT molecular complexity index is 676. The highest BCUT2D eigenvalue weighted by Crippen LogP contribution is 2.10. The van der Waals surface area contributed by atoms with E-state index in [4.69, 9.17) is 4.74 Å². The van der Waals surface area contributed by atoms with Crippen LogP contribution in [0.25, 0.3) is 0 Å². The molecule has 1 saturated heterocycles. The van der Waals surface area contributed by atoms with Gasteiger partial charge in [-0.2, -0.15) is 0 Å². The lowest BCUT2D eigenvalue weighted by molar-refractivity contribution is -0.119. The van der Waals surface area contributed by atoms with Crippen LogP contribution in [0.1, 0.15) is 15.9 Å². The summed E-state index contributed by atoms with van der Waals surface area (Å²) in [5.41, 5.74) is 1.19. The predicted molar refractivity (Wildman–Crippen MR) is 104 cm³/mol. The van der Waals surface area contributed by atoms with E-state index in [1.165, 1.54) is 7.11 Å². The molecule has 1 atom stereocenters. The van der Waals surface area contributed by atoms with Gasteiger partial charge in [0.2, 0.25) is 5.91 Å². The average molecular weight is 458 g/mol. The Balaban J connectivity index is 1.73. The second kappa shape index (κ2) is 11.0. The van der Waals surface area contributed by atoms with Crippen LogP contribution in [0.3, 0.4) is 0 Å². The van der Waals surface area contributed by atoms with E-state index >= 15 is 0 Å². The molecule has 0 spiro atoms. The number of ether oxygens (including phenoxy) is 2. The van der Waals surface area contributed by atoms with E-state index < -0.39 is 18.3 Å². The number of benzene rings is 1. The lowest BCUT2D eigenvalue weighted by atomic mass is 10.1. The number of rotatable bonds is 7. The Kier molecular flexibility index (Phi) is 8.68. The van der Waals surface area contributed by atoms with Crippen LogP contribution < -0.4 is 5.32 Å². The minimum Gasteiger partial charge on any atom is -0.465 e. The first kappa shape index (κ1) is 22.1. The minimum absolute atomic E-state index is 0.0989. The minimum atomic E-state index is -0.797. The van der Waals surface area contributed by atoms with Crippen LogP contribution >= 0.6 is 15.9 Å². The quantitative estimate of drug-likeness (QED) is 0.454. The number of carbonyl (C=O) groups is 3. The molecule has 1 aliphatic heterocycles. The Labute approximate surface area is 171 Å². The zero-order valence-corrected chi connectivity index (χ0v) is 17.2. The molecule has 0 aromatic heterocycles. The van der Waals surface area contributed by atoms with Gasteiger partial charge in [-0.25, -0.2) is 9.59 Å². The van der Waals surface area contributed by atoms with Crippen molar-refractivity contribution in [1.29, 1.82) is 0 Å². The van der Waals surface area contributed by atoms with Crippen molar-refractivity contribution in [3.8, 4) is 0 Å². The zero-order chi connectivity index (χ0) is 20.5. The second-order valence-electron chi connectivity index (χ2n) is 6.18. The number of methoxy groups -OCH3 is 1. The summed E-state index contributed by atoms with van der Waals surface area (Å²) in [6.07, 6.45) is -1.23. The number of halogens is 1. The molecule has 1 fully saturated rings. The number of carbonyl (C=O) groups excluding carboxylic acids is 3. The van der Waals surface area contributed by atoms with Gasteiger partial charge in [0.15, 0.2) is 0 Å². The predicted octanol–water partition coefficient (Wildman–Crippen LogP) is 0.557. The molecule has 0 radical (unpaired) electrons. The number of aliphatic hydroxyl groups excluding tert-OH is 1. The zero-order valence-electron chi connectivity index (χ0n) is 15.6. The number of esters is 1. The van der Waals surface area contributed by atoms with Crippen molar-refractivity contribution >= 4 is 33.9 Å². The van der Waals surface area contributed by atoms with E-state index in [0.717, 1.165) is 5.56 Å². The Hall–Kier alpha value is -2.17. The molecule has 1 aliphatic rings. The summed E-state index contributed by atoms with van der Waals surface area (Å²) < 4.78 is 9.95. The molecule has 1 heterocycles. The number of aliphatic hydroxyl groups is 1. The maximum absolute atomic E-state index is 12.2. The SMILES string of the molecule is COC(=O)c1ccc(COC(=O)N2CCN(C(O)CNC(=O)CBr)CC2)cc1. The van der Waals surface area contributed by atoms with Gasteiger partial charge in [0.25, 0.3) is 0 Å². The first-order valence-electron chi connectivity index (χ1n) is 8.78. The van der Waals surface area contributed by atoms with Crippen molar-refractivity contribution in [3.63, 3.8) is 0 Å². The van der Waals surface area contributed by atoms with Gasteiger partial charge in [0.05, 0.1) is 24.5 Å². The second-order valence-corrected chi connectivity index (χ2v) is 6.75. The monoisotopic (exact) mass is 457 g/mol. The van der Waals surface area contributed by atoms with Gasteiger partial charge < -0.3 is 24.8 Å². The first-order valence-corrected chi connectivity index (χ1v) is 9.90. The van der Waals surface area contributed by atoms with Crippen molar-refractivity contribution in [1.82, 2.24) is 15.1 Å². The highest BCUT2D eigenvalue weighted by molar-refractivity contribution is 9.09. The molecular formula is C18H24BrN3O6. The molecule has 154 valence electrons. The molecule has 2 amide bonds. The van der Waals surface area contributed by atoms with Gasteiger partial charge in [-0.15, -0.1) is 0 Å². The van der Waals surface area contributed by atoms with Crippen molar-refractivity contribution in [3.05, 3.63) is 35.4 Å². The van der Waals surface area contributed by atoms with E-state index in [0.29, 0.717) is 31.7 Å². The van der Waals surface area contributed by atoms with Crippen molar-refractivity contribution in [2.24, 2.45) is 0 Å². The van der Waals surface area contributed by atoms with Crippen LogP contribution in [0.15, 0.2) is 24.3 Å². The molecule has 2 N–H and O–H groups in total. The number of amides is 2. The van der Waals surface area contributed by atoms with E-state index in [1.54, 1.807) is 34.1 Å². The van der Waals surface area contributed by atoms with Crippen molar-refractivity contribution in [2.45, 2.75) is 12.8 Å². The first-order chi connectivity index (χ1) is 13.4. The summed E-state index contributed by atoms with van der Waals surface area (Å²) >= 11 is 3.04. The van der Waals surface area contributed by atoms with Gasteiger partial charge in [0.1, 0.15) is 12.8 Å². The number of hydrogen-bond donors (Lipinski definition) is 2. The molecule has 0 saturated carbocycles. The fourth-order valence-electron chi connectivity index (χ4n) is 2.68. The van der Waals surface area contributed by atoms with Crippen LogP contribution in [-0.4, -0.2) is 84.3 Å². The topological polar surface area (TPSA) is 108 Å². The van der Waals surface area contributed by atoms with Crippen molar-refractivity contribution < 1.29 is 29.0 Å². The molecule has 9 nitrogen and oxygen atoms in total. The highest BCUT2D eigenvalue weighted by Gasteiger charge is 2.26. The third-order valence-corrected chi connectivity index (χ3v) is 4.84. The van der Waals surface area contributed by atoms with Gasteiger partial charge >= 0.3 is 12.1 Å². The molecule has 10 heteroatoms. The van der Waals surface area contributed by atoms with Crippen LogP contribution in [0.4, 0.5) is 4.79 Å². The van der Waals surface area contributed by atoms with Crippen LogP contribution in [-0.2, 0) is 20.9 Å². The highest BCUT2D eigenvalue weighted by atomic mass is 79.9. The van der Waals surface area contributed by atoms with Gasteiger partial charge in [-0.3, -0.25) is 9.69 Å². The summed E-state index contributed by atoms with van der Waals surface area (Å²) in [7, 11) is 1.32. The molecule has 1 aromatic carbocycles. The Morgan fingerprint density at radius 2 is 1.82 bits per heavy atom. The van der Waals surface area contributed by atoms with Crippen molar-refractivity contribution in [2.75, 3.05) is 45.2 Å². The summed E-state index contributed by atoms with van der Waals surface area (Å²) in [6, 6.07) is 6.64. The molecule has 28 heavy (non-hydrogen) atoms. The molecule has 0 bridgehead atoms. The molecule has 2 rings (SSSR count). The number of piperazine rings is 1. The van der Waals surface area contributed by atoms with E-state index in [2.05, 4.69) is 26.0 Å². The van der Waals surface area contributed by atoms with Gasteiger partial charge in [-0.1, -0.05) is 28.1 Å². The lowest BCUT2D eigenvalue weighted by Gasteiger charge is -2.36. The van der Waals surface area contributed by atoms with Crippen LogP contribution in [0.5, 0.6) is 0 Å². The van der Waals surface area contributed by atoms with E-state index in [-0.39, 0.29) is 24.4 Å². The smallest absolute Gasteiger partial charge is 0.410 e. The van der Waals surface area contributed by atoms with Crippen LogP contribution in [0.2, 0.25) is 0 Å². The molecule has 0 aliphatic carbocycles. The number of hydrogen-bond acceptors (Lipinski definition) is 7. The number of alkyl halides is 1. The fraction of sp³-hybridized carbons (Fsp3) is 0.500. The lowest BCUT2D eigenvalue weighted by Crippen LogP contribution is -2.54. The maximum atomic E-state index is 12.2. The standard InChI is InChI=1S/C18H24BrN3O6/c1-27-17(25)14-4-2-13(3-5-14)12-28-18(26)22-8-6-21(7-9-22)16(24)11-20-15(23)10-19/h2-5,16,24H,6-12H2,1H3,(H,20,23).